The van der Waals surface area contributed by atoms with E-state index in [9.17, 15) is 9.59 Å². The second kappa shape index (κ2) is 7.58. The lowest BCUT2D eigenvalue weighted by molar-refractivity contribution is -0.120. The summed E-state index contributed by atoms with van der Waals surface area (Å²) in [6.07, 6.45) is 1.57. The molecule has 0 unspecified atom stereocenters. The number of carbonyl (C=O) groups excluding carboxylic acids is 2. The third kappa shape index (κ3) is 3.23. The van der Waals surface area contributed by atoms with Crippen molar-refractivity contribution in [3.8, 4) is 34.1 Å². The van der Waals surface area contributed by atoms with Crippen LogP contribution in [-0.2, 0) is 9.59 Å². The second-order valence-electron chi connectivity index (χ2n) is 6.72. The first kappa shape index (κ1) is 17.8. The van der Waals surface area contributed by atoms with E-state index in [1.54, 1.807) is 0 Å². The van der Waals surface area contributed by atoms with E-state index >= 15 is 0 Å². The first-order chi connectivity index (χ1) is 13.7. The first-order valence-electron chi connectivity index (χ1n) is 9.41. The highest BCUT2D eigenvalue weighted by Gasteiger charge is 2.22. The zero-order valence-electron chi connectivity index (χ0n) is 15.6. The van der Waals surface area contributed by atoms with Crippen molar-refractivity contribution in [1.29, 1.82) is 0 Å². The van der Waals surface area contributed by atoms with Gasteiger partial charge in [-0.1, -0.05) is 61.4 Å². The van der Waals surface area contributed by atoms with Gasteiger partial charge in [0.2, 0.25) is 5.91 Å². The molecule has 0 radical (unpaired) electrons. The molecule has 0 aliphatic heterocycles. The lowest BCUT2D eigenvalue weighted by Gasteiger charge is -2.11. The Balaban J connectivity index is 1.55. The third-order valence-electron chi connectivity index (χ3n) is 4.81. The standard InChI is InChI=1S/C24H20N2O2/c1-2-3-4-12-22(27)25-15-23(28)26-21-14-13-19-17-9-6-5-8-16(17)18-10-7-11-20(21)24(18)19/h5-11,13-14H,2-3,15H2,1H3,(H,25,27)(H,26,28). The minimum atomic E-state index is -0.431. The third-order valence-corrected chi connectivity index (χ3v) is 4.81. The number of carbonyl (C=O) groups is 2. The molecule has 0 spiro atoms. The smallest absolute Gasteiger partial charge is 0.296 e. The molecule has 0 aromatic heterocycles. The maximum Gasteiger partial charge on any atom is 0.296 e. The van der Waals surface area contributed by atoms with Crippen molar-refractivity contribution in [2.24, 2.45) is 0 Å². The summed E-state index contributed by atoms with van der Waals surface area (Å²) in [5.41, 5.74) is 5.52. The van der Waals surface area contributed by atoms with Crippen LogP contribution in [0.1, 0.15) is 19.8 Å². The summed E-state index contributed by atoms with van der Waals surface area (Å²) < 4.78 is 0. The number of hydrogen-bond donors (Lipinski definition) is 2. The van der Waals surface area contributed by atoms with E-state index in [4.69, 9.17) is 0 Å². The van der Waals surface area contributed by atoms with E-state index < -0.39 is 5.91 Å². The summed E-state index contributed by atoms with van der Waals surface area (Å²) in [7, 11) is 0. The van der Waals surface area contributed by atoms with Crippen LogP contribution in [0.3, 0.4) is 0 Å². The SMILES string of the molecule is CCCC#CC(=O)NCC(=O)Nc1ccc2c3c(cccc13)-c1ccccc1-2. The van der Waals surface area contributed by atoms with Crippen LogP contribution in [0.2, 0.25) is 0 Å². The van der Waals surface area contributed by atoms with Gasteiger partial charge in [0.05, 0.1) is 6.54 Å². The van der Waals surface area contributed by atoms with Crippen molar-refractivity contribution >= 4 is 28.3 Å². The molecule has 2 N–H and O–H groups in total. The Morgan fingerprint density at radius 3 is 2.36 bits per heavy atom. The molecule has 1 aliphatic rings. The average Bonchev–Trinajstić information content (AvgIpc) is 3.04. The molecule has 138 valence electrons. The van der Waals surface area contributed by atoms with Crippen molar-refractivity contribution in [1.82, 2.24) is 5.32 Å². The van der Waals surface area contributed by atoms with E-state index in [2.05, 4.69) is 40.7 Å². The highest BCUT2D eigenvalue weighted by Crippen LogP contribution is 2.48. The van der Waals surface area contributed by atoms with E-state index in [1.807, 2.05) is 43.3 Å². The van der Waals surface area contributed by atoms with Crippen LogP contribution in [-0.4, -0.2) is 18.4 Å². The molecule has 4 rings (SSSR count). The second-order valence-corrected chi connectivity index (χ2v) is 6.72. The largest absolute Gasteiger partial charge is 0.336 e. The Morgan fingerprint density at radius 2 is 1.61 bits per heavy atom. The monoisotopic (exact) mass is 368 g/mol. The van der Waals surface area contributed by atoms with Gasteiger partial charge in [-0.25, -0.2) is 0 Å². The average molecular weight is 368 g/mol. The Hall–Kier alpha value is -3.58. The van der Waals surface area contributed by atoms with Crippen LogP contribution < -0.4 is 10.6 Å². The number of fused-ring (bicyclic) bond motifs is 3. The van der Waals surface area contributed by atoms with Gasteiger partial charge in [0.15, 0.2) is 0 Å². The number of rotatable bonds is 4. The van der Waals surface area contributed by atoms with Crippen molar-refractivity contribution < 1.29 is 9.59 Å². The van der Waals surface area contributed by atoms with Gasteiger partial charge in [0.1, 0.15) is 0 Å². The molecule has 4 nitrogen and oxygen atoms in total. The van der Waals surface area contributed by atoms with E-state index in [0.717, 1.165) is 22.9 Å². The van der Waals surface area contributed by atoms with Gasteiger partial charge < -0.3 is 10.6 Å². The Bertz CT molecular complexity index is 1120. The lowest BCUT2D eigenvalue weighted by atomic mass is 10.0. The molecular weight excluding hydrogens is 348 g/mol. The molecule has 4 heteroatoms. The molecule has 28 heavy (non-hydrogen) atoms. The van der Waals surface area contributed by atoms with Gasteiger partial charge in [-0.3, -0.25) is 9.59 Å². The van der Waals surface area contributed by atoms with Gasteiger partial charge in [-0.2, -0.15) is 0 Å². The van der Waals surface area contributed by atoms with Gasteiger partial charge in [0, 0.05) is 17.5 Å². The topological polar surface area (TPSA) is 58.2 Å². The molecule has 3 aromatic rings. The van der Waals surface area contributed by atoms with Gasteiger partial charge in [0.25, 0.3) is 5.91 Å². The maximum atomic E-state index is 12.3. The highest BCUT2D eigenvalue weighted by atomic mass is 16.2. The molecule has 0 saturated carbocycles. The molecule has 0 heterocycles. The van der Waals surface area contributed by atoms with Gasteiger partial charge in [-0.15, -0.1) is 0 Å². The van der Waals surface area contributed by atoms with Crippen molar-refractivity contribution in [2.45, 2.75) is 19.8 Å². The number of anilines is 1. The zero-order valence-corrected chi connectivity index (χ0v) is 15.6. The molecule has 0 atom stereocenters. The molecule has 3 aromatic carbocycles. The van der Waals surface area contributed by atoms with Crippen LogP contribution in [0.25, 0.3) is 33.0 Å². The normalized spacial score (nSPS) is 10.8. The van der Waals surface area contributed by atoms with Crippen molar-refractivity contribution in [3.63, 3.8) is 0 Å². The quantitative estimate of drug-likeness (QED) is 0.526. The molecule has 1 aliphatic carbocycles. The van der Waals surface area contributed by atoms with E-state index in [-0.39, 0.29) is 12.5 Å². The molecule has 2 amide bonds. The summed E-state index contributed by atoms with van der Waals surface area (Å²) in [6.45, 7) is 1.89. The molecule has 0 fully saturated rings. The lowest BCUT2D eigenvalue weighted by Crippen LogP contribution is -2.32. The summed E-state index contributed by atoms with van der Waals surface area (Å²) >= 11 is 0. The van der Waals surface area contributed by atoms with Gasteiger partial charge >= 0.3 is 0 Å². The van der Waals surface area contributed by atoms with Crippen LogP contribution in [0.4, 0.5) is 5.69 Å². The van der Waals surface area contributed by atoms with E-state index in [1.165, 1.54) is 22.3 Å². The van der Waals surface area contributed by atoms with Crippen LogP contribution >= 0.6 is 0 Å². The van der Waals surface area contributed by atoms with Crippen LogP contribution in [0.5, 0.6) is 0 Å². The van der Waals surface area contributed by atoms with Crippen LogP contribution in [0, 0.1) is 11.8 Å². The maximum absolute atomic E-state index is 12.3. The molecular formula is C24H20N2O2. The number of benzene rings is 3. The van der Waals surface area contributed by atoms with Crippen LogP contribution in [0.15, 0.2) is 54.6 Å². The number of amides is 2. The fourth-order valence-corrected chi connectivity index (χ4v) is 3.58. The summed E-state index contributed by atoms with van der Waals surface area (Å²) in [6, 6.07) is 18.4. The number of nitrogens with one attached hydrogen (secondary N) is 2. The Labute approximate surface area is 164 Å². The predicted octanol–water partition coefficient (Wildman–Crippen LogP) is 4.35. The Kier molecular flexibility index (Phi) is 4.82. The minimum absolute atomic E-state index is 0.108. The fraction of sp³-hybridized carbons (Fsp3) is 0.167. The molecule has 0 saturated heterocycles. The van der Waals surface area contributed by atoms with Crippen molar-refractivity contribution in [3.05, 3.63) is 54.6 Å². The summed E-state index contributed by atoms with van der Waals surface area (Å²) in [5.74, 6) is 4.55. The zero-order chi connectivity index (χ0) is 19.5. The number of hydrogen-bond acceptors (Lipinski definition) is 2. The minimum Gasteiger partial charge on any atom is -0.336 e. The van der Waals surface area contributed by atoms with Crippen molar-refractivity contribution in [2.75, 3.05) is 11.9 Å². The van der Waals surface area contributed by atoms with Gasteiger partial charge in [-0.05, 0) is 46.0 Å². The van der Waals surface area contributed by atoms with E-state index in [0.29, 0.717) is 6.42 Å². The fourth-order valence-electron chi connectivity index (χ4n) is 3.58. The number of unbranched alkanes of at least 4 members (excludes halogenated alkanes) is 1. The summed E-state index contributed by atoms with van der Waals surface area (Å²) in [5, 5.41) is 7.59. The Morgan fingerprint density at radius 1 is 0.893 bits per heavy atom. The highest BCUT2D eigenvalue weighted by molar-refractivity contribution is 6.19. The first-order valence-corrected chi connectivity index (χ1v) is 9.41. The molecule has 0 bridgehead atoms. The summed E-state index contributed by atoms with van der Waals surface area (Å²) in [4.78, 5) is 24.0. The predicted molar refractivity (Wildman–Crippen MR) is 113 cm³/mol.